The summed E-state index contributed by atoms with van der Waals surface area (Å²) in [5, 5.41) is 3.20. The van der Waals surface area contributed by atoms with E-state index < -0.39 is 0 Å². The predicted octanol–water partition coefficient (Wildman–Crippen LogP) is 3.61. The third-order valence-corrected chi connectivity index (χ3v) is 3.77. The molecule has 2 unspecified atom stereocenters. The minimum Gasteiger partial charge on any atom is -0.490 e. The first kappa shape index (κ1) is 13.4. The summed E-state index contributed by atoms with van der Waals surface area (Å²) in [6, 6.07) is 8.37. The van der Waals surface area contributed by atoms with E-state index in [1.165, 1.54) is 24.8 Å². The molecule has 0 heterocycles. The van der Waals surface area contributed by atoms with Crippen LogP contribution in [0.2, 0.25) is 0 Å². The molecule has 1 N–H and O–H groups in total. The van der Waals surface area contributed by atoms with Crippen LogP contribution in [0.5, 0.6) is 5.75 Å². The van der Waals surface area contributed by atoms with Gasteiger partial charge < -0.3 is 10.1 Å². The first-order chi connectivity index (χ1) is 8.69. The molecule has 1 aliphatic carbocycles. The lowest BCUT2D eigenvalue weighted by Crippen LogP contribution is -2.29. The van der Waals surface area contributed by atoms with Crippen molar-refractivity contribution < 1.29 is 4.74 Å². The molecule has 0 bridgehead atoms. The fourth-order valence-electron chi connectivity index (χ4n) is 3.10. The molecule has 2 heteroatoms. The molecule has 18 heavy (non-hydrogen) atoms. The van der Waals surface area contributed by atoms with Gasteiger partial charge in [-0.25, -0.2) is 0 Å². The lowest BCUT2D eigenvalue weighted by molar-refractivity contribution is 0.1000. The second-order valence-corrected chi connectivity index (χ2v) is 5.80. The summed E-state index contributed by atoms with van der Waals surface area (Å²) in [6.45, 7) is 5.55. The standard InChI is InChI=1S/C16H25NO/c1-12-8-13(2)10-15(9-12)18-16-7-5-4-6-14(16)11-17-3/h4-7,12-13,15,17H,8-11H2,1-3H3. The molecule has 100 valence electrons. The molecule has 0 radical (unpaired) electrons. The van der Waals surface area contributed by atoms with Gasteiger partial charge in [-0.05, 0) is 44.2 Å². The van der Waals surface area contributed by atoms with Crippen LogP contribution in [0.4, 0.5) is 0 Å². The highest BCUT2D eigenvalue weighted by molar-refractivity contribution is 5.33. The summed E-state index contributed by atoms with van der Waals surface area (Å²) in [7, 11) is 1.97. The van der Waals surface area contributed by atoms with E-state index >= 15 is 0 Å². The van der Waals surface area contributed by atoms with E-state index in [2.05, 4.69) is 43.4 Å². The fourth-order valence-corrected chi connectivity index (χ4v) is 3.10. The van der Waals surface area contributed by atoms with Crippen LogP contribution < -0.4 is 10.1 Å². The van der Waals surface area contributed by atoms with Crippen LogP contribution in [0.3, 0.4) is 0 Å². The normalized spacial score (nSPS) is 28.1. The lowest BCUT2D eigenvalue weighted by atomic mass is 9.82. The molecule has 1 aromatic rings. The second kappa shape index (κ2) is 6.24. The van der Waals surface area contributed by atoms with Crippen LogP contribution in [0.1, 0.15) is 38.7 Å². The van der Waals surface area contributed by atoms with Gasteiger partial charge in [-0.1, -0.05) is 32.0 Å². The number of hydrogen-bond donors (Lipinski definition) is 1. The van der Waals surface area contributed by atoms with Gasteiger partial charge in [0.15, 0.2) is 0 Å². The summed E-state index contributed by atoms with van der Waals surface area (Å²) in [6.07, 6.45) is 4.12. The number of nitrogens with one attached hydrogen (secondary N) is 1. The molecule has 0 amide bonds. The maximum atomic E-state index is 6.24. The zero-order chi connectivity index (χ0) is 13.0. The Labute approximate surface area is 111 Å². The third-order valence-electron chi connectivity index (χ3n) is 3.77. The van der Waals surface area contributed by atoms with Crippen molar-refractivity contribution in [3.63, 3.8) is 0 Å². The van der Waals surface area contributed by atoms with E-state index in [0.29, 0.717) is 6.10 Å². The van der Waals surface area contributed by atoms with E-state index in [1.807, 2.05) is 7.05 Å². The first-order valence-electron chi connectivity index (χ1n) is 7.08. The molecule has 1 aromatic carbocycles. The van der Waals surface area contributed by atoms with Crippen LogP contribution in [0.15, 0.2) is 24.3 Å². The van der Waals surface area contributed by atoms with E-state index in [1.54, 1.807) is 0 Å². The number of hydrogen-bond acceptors (Lipinski definition) is 2. The Kier molecular flexibility index (Phi) is 4.65. The van der Waals surface area contributed by atoms with Crippen molar-refractivity contribution in [2.75, 3.05) is 7.05 Å². The Morgan fingerprint density at radius 3 is 2.44 bits per heavy atom. The molecule has 2 rings (SSSR count). The first-order valence-corrected chi connectivity index (χ1v) is 7.08. The van der Waals surface area contributed by atoms with Crippen molar-refractivity contribution >= 4 is 0 Å². The van der Waals surface area contributed by atoms with Gasteiger partial charge in [-0.2, -0.15) is 0 Å². The molecule has 1 fully saturated rings. The van der Waals surface area contributed by atoms with Gasteiger partial charge in [0, 0.05) is 12.1 Å². The van der Waals surface area contributed by atoms with Crippen LogP contribution in [0, 0.1) is 11.8 Å². The van der Waals surface area contributed by atoms with Crippen molar-refractivity contribution in [2.45, 2.75) is 45.8 Å². The van der Waals surface area contributed by atoms with Crippen molar-refractivity contribution in [1.82, 2.24) is 5.32 Å². The average Bonchev–Trinajstić information content (AvgIpc) is 2.30. The van der Waals surface area contributed by atoms with Gasteiger partial charge in [0.05, 0.1) is 6.10 Å². The summed E-state index contributed by atoms with van der Waals surface area (Å²) in [4.78, 5) is 0. The molecule has 0 saturated heterocycles. The molecule has 1 saturated carbocycles. The number of rotatable bonds is 4. The Hall–Kier alpha value is -1.02. The Bertz CT molecular complexity index is 367. The average molecular weight is 247 g/mol. The molecule has 0 spiro atoms. The molecule has 2 atom stereocenters. The second-order valence-electron chi connectivity index (χ2n) is 5.80. The number of ether oxygens (including phenoxy) is 1. The summed E-state index contributed by atoms with van der Waals surface area (Å²) >= 11 is 0. The zero-order valence-corrected chi connectivity index (χ0v) is 11.8. The fraction of sp³-hybridized carbons (Fsp3) is 0.625. The van der Waals surface area contributed by atoms with Crippen LogP contribution in [-0.4, -0.2) is 13.2 Å². The van der Waals surface area contributed by atoms with E-state index in [-0.39, 0.29) is 0 Å². The number of benzene rings is 1. The molecular weight excluding hydrogens is 222 g/mol. The zero-order valence-electron chi connectivity index (χ0n) is 11.8. The molecule has 1 aliphatic rings. The van der Waals surface area contributed by atoms with Gasteiger partial charge in [-0.3, -0.25) is 0 Å². The largest absolute Gasteiger partial charge is 0.490 e. The SMILES string of the molecule is CNCc1ccccc1OC1CC(C)CC(C)C1. The smallest absolute Gasteiger partial charge is 0.124 e. The van der Waals surface area contributed by atoms with Crippen molar-refractivity contribution in [2.24, 2.45) is 11.8 Å². The predicted molar refractivity (Wildman–Crippen MR) is 75.8 cm³/mol. The lowest BCUT2D eigenvalue weighted by Gasteiger charge is -2.32. The van der Waals surface area contributed by atoms with Gasteiger partial charge in [0.25, 0.3) is 0 Å². The highest BCUT2D eigenvalue weighted by Crippen LogP contribution is 2.32. The van der Waals surface area contributed by atoms with Gasteiger partial charge in [0.2, 0.25) is 0 Å². The summed E-state index contributed by atoms with van der Waals surface area (Å²) < 4.78 is 6.24. The van der Waals surface area contributed by atoms with E-state index in [4.69, 9.17) is 4.74 Å². The maximum absolute atomic E-state index is 6.24. The van der Waals surface area contributed by atoms with Crippen LogP contribution >= 0.6 is 0 Å². The topological polar surface area (TPSA) is 21.3 Å². The highest BCUT2D eigenvalue weighted by Gasteiger charge is 2.25. The molecule has 0 aromatic heterocycles. The molecule has 2 nitrogen and oxygen atoms in total. The highest BCUT2D eigenvalue weighted by atomic mass is 16.5. The van der Waals surface area contributed by atoms with Crippen LogP contribution in [0.25, 0.3) is 0 Å². The van der Waals surface area contributed by atoms with Gasteiger partial charge in [-0.15, -0.1) is 0 Å². The summed E-state index contributed by atoms with van der Waals surface area (Å²) in [5.41, 5.74) is 1.26. The Morgan fingerprint density at radius 1 is 1.11 bits per heavy atom. The van der Waals surface area contributed by atoms with Crippen LogP contribution in [-0.2, 0) is 6.54 Å². The van der Waals surface area contributed by atoms with E-state index in [0.717, 1.165) is 24.1 Å². The monoisotopic (exact) mass is 247 g/mol. The minimum absolute atomic E-state index is 0.391. The molecule has 0 aliphatic heterocycles. The molecular formula is C16H25NO. The summed E-state index contributed by atoms with van der Waals surface area (Å²) in [5.74, 6) is 2.63. The van der Waals surface area contributed by atoms with Gasteiger partial charge >= 0.3 is 0 Å². The quantitative estimate of drug-likeness (QED) is 0.877. The Balaban J connectivity index is 2.04. The van der Waals surface area contributed by atoms with E-state index in [9.17, 15) is 0 Å². The van der Waals surface area contributed by atoms with Gasteiger partial charge in [0.1, 0.15) is 5.75 Å². The van der Waals surface area contributed by atoms with Crippen molar-refractivity contribution in [1.29, 1.82) is 0 Å². The Morgan fingerprint density at radius 2 is 1.78 bits per heavy atom. The number of para-hydroxylation sites is 1. The van der Waals surface area contributed by atoms with Crippen molar-refractivity contribution in [3.8, 4) is 5.75 Å². The minimum atomic E-state index is 0.391. The van der Waals surface area contributed by atoms with Crippen molar-refractivity contribution in [3.05, 3.63) is 29.8 Å². The third kappa shape index (κ3) is 3.49. The maximum Gasteiger partial charge on any atom is 0.124 e.